The van der Waals surface area contributed by atoms with E-state index in [0.717, 1.165) is 55.2 Å². The van der Waals surface area contributed by atoms with E-state index in [0.29, 0.717) is 0 Å². The lowest BCUT2D eigenvalue weighted by atomic mass is 9.95. The largest absolute Gasteiger partial charge is 0.497 e. The van der Waals surface area contributed by atoms with Gasteiger partial charge in [-0.3, -0.25) is 4.90 Å². The zero-order valence-electron chi connectivity index (χ0n) is 14.8. The average molecular weight is 344 g/mol. The van der Waals surface area contributed by atoms with Gasteiger partial charge in [0.25, 0.3) is 0 Å². The van der Waals surface area contributed by atoms with E-state index in [9.17, 15) is 4.39 Å². The zero-order valence-corrected chi connectivity index (χ0v) is 14.8. The minimum absolute atomic E-state index is 0.00875. The van der Waals surface area contributed by atoms with Gasteiger partial charge in [-0.15, -0.1) is 0 Å². The minimum atomic E-state index is -0.224. The summed E-state index contributed by atoms with van der Waals surface area (Å²) in [7, 11) is 3.34. The number of ether oxygens (including phenoxy) is 2. The lowest BCUT2D eigenvalue weighted by Crippen LogP contribution is -2.33. The van der Waals surface area contributed by atoms with Crippen LogP contribution in [-0.2, 0) is 0 Å². The SMILES string of the molecule is COc1ccc(OC)c(C(c2ccc(F)cc2)N2CCCNCC2)c1. The van der Waals surface area contributed by atoms with Crippen molar-refractivity contribution in [1.82, 2.24) is 10.2 Å². The van der Waals surface area contributed by atoms with Crippen molar-refractivity contribution in [3.63, 3.8) is 0 Å². The number of halogens is 1. The van der Waals surface area contributed by atoms with Crippen LogP contribution in [0.25, 0.3) is 0 Å². The molecule has 5 heteroatoms. The van der Waals surface area contributed by atoms with E-state index in [1.807, 2.05) is 30.3 Å². The molecule has 0 aliphatic carbocycles. The monoisotopic (exact) mass is 344 g/mol. The van der Waals surface area contributed by atoms with Crippen LogP contribution in [-0.4, -0.2) is 45.3 Å². The Morgan fingerprint density at radius 2 is 1.80 bits per heavy atom. The van der Waals surface area contributed by atoms with Crippen LogP contribution < -0.4 is 14.8 Å². The van der Waals surface area contributed by atoms with Gasteiger partial charge in [-0.1, -0.05) is 12.1 Å². The van der Waals surface area contributed by atoms with E-state index in [2.05, 4.69) is 10.2 Å². The molecule has 1 unspecified atom stereocenters. The lowest BCUT2D eigenvalue weighted by Gasteiger charge is -2.32. The first-order valence-electron chi connectivity index (χ1n) is 8.65. The van der Waals surface area contributed by atoms with E-state index in [1.165, 1.54) is 12.1 Å². The van der Waals surface area contributed by atoms with E-state index in [-0.39, 0.29) is 11.9 Å². The smallest absolute Gasteiger partial charge is 0.124 e. The molecule has 134 valence electrons. The van der Waals surface area contributed by atoms with Crippen molar-refractivity contribution in [1.29, 1.82) is 0 Å². The number of hydrogen-bond donors (Lipinski definition) is 1. The molecule has 0 radical (unpaired) electrons. The number of rotatable bonds is 5. The van der Waals surface area contributed by atoms with Gasteiger partial charge in [0, 0.05) is 25.2 Å². The van der Waals surface area contributed by atoms with Crippen molar-refractivity contribution in [2.75, 3.05) is 40.4 Å². The molecular formula is C20H25FN2O2. The molecule has 3 rings (SSSR count). The Bertz CT molecular complexity index is 683. The molecule has 25 heavy (non-hydrogen) atoms. The van der Waals surface area contributed by atoms with Gasteiger partial charge in [-0.2, -0.15) is 0 Å². The molecule has 4 nitrogen and oxygen atoms in total. The van der Waals surface area contributed by atoms with Crippen LogP contribution in [0.3, 0.4) is 0 Å². The van der Waals surface area contributed by atoms with E-state index >= 15 is 0 Å². The third kappa shape index (κ3) is 4.11. The van der Waals surface area contributed by atoms with Crippen LogP contribution in [0.15, 0.2) is 42.5 Å². The van der Waals surface area contributed by atoms with Gasteiger partial charge in [-0.25, -0.2) is 4.39 Å². The number of methoxy groups -OCH3 is 2. The van der Waals surface area contributed by atoms with Crippen molar-refractivity contribution < 1.29 is 13.9 Å². The van der Waals surface area contributed by atoms with Crippen LogP contribution in [0, 0.1) is 5.82 Å². The van der Waals surface area contributed by atoms with Gasteiger partial charge in [0.15, 0.2) is 0 Å². The van der Waals surface area contributed by atoms with Crippen molar-refractivity contribution >= 4 is 0 Å². The Morgan fingerprint density at radius 1 is 1.00 bits per heavy atom. The second kappa shape index (κ2) is 8.32. The highest BCUT2D eigenvalue weighted by Crippen LogP contribution is 2.37. The Morgan fingerprint density at radius 3 is 2.52 bits per heavy atom. The highest BCUT2D eigenvalue weighted by molar-refractivity contribution is 5.46. The fourth-order valence-corrected chi connectivity index (χ4v) is 3.41. The number of nitrogens with one attached hydrogen (secondary N) is 1. The van der Waals surface area contributed by atoms with E-state index in [1.54, 1.807) is 14.2 Å². The molecular weight excluding hydrogens is 319 g/mol. The molecule has 0 saturated carbocycles. The molecule has 1 N–H and O–H groups in total. The molecule has 1 atom stereocenters. The van der Waals surface area contributed by atoms with Gasteiger partial charge in [0.2, 0.25) is 0 Å². The molecule has 0 spiro atoms. The fourth-order valence-electron chi connectivity index (χ4n) is 3.41. The predicted octanol–water partition coefficient (Wildman–Crippen LogP) is 3.23. The topological polar surface area (TPSA) is 33.7 Å². The quantitative estimate of drug-likeness (QED) is 0.903. The minimum Gasteiger partial charge on any atom is -0.497 e. The summed E-state index contributed by atoms with van der Waals surface area (Å²) < 4.78 is 24.5. The van der Waals surface area contributed by atoms with Crippen LogP contribution in [0.4, 0.5) is 4.39 Å². The second-order valence-electron chi connectivity index (χ2n) is 6.20. The summed E-state index contributed by atoms with van der Waals surface area (Å²) in [6, 6.07) is 12.6. The van der Waals surface area contributed by atoms with Crippen molar-refractivity contribution in [2.45, 2.75) is 12.5 Å². The third-order valence-corrected chi connectivity index (χ3v) is 4.66. The maximum atomic E-state index is 13.5. The standard InChI is InChI=1S/C20H25FN2O2/c1-24-17-8-9-19(25-2)18(14-17)20(15-4-6-16(21)7-5-15)23-12-3-10-22-11-13-23/h4-9,14,20,22H,3,10-13H2,1-2H3. The molecule has 0 amide bonds. The Balaban J connectivity index is 2.08. The van der Waals surface area contributed by atoms with Crippen molar-refractivity contribution in [2.24, 2.45) is 0 Å². The summed E-state index contributed by atoms with van der Waals surface area (Å²) in [6.45, 7) is 3.84. The van der Waals surface area contributed by atoms with E-state index < -0.39 is 0 Å². The molecule has 0 aromatic heterocycles. The third-order valence-electron chi connectivity index (χ3n) is 4.66. The zero-order chi connectivity index (χ0) is 17.6. The van der Waals surface area contributed by atoms with Gasteiger partial charge >= 0.3 is 0 Å². The van der Waals surface area contributed by atoms with Gasteiger partial charge < -0.3 is 14.8 Å². The maximum Gasteiger partial charge on any atom is 0.124 e. The van der Waals surface area contributed by atoms with Crippen molar-refractivity contribution in [3.8, 4) is 11.5 Å². The summed E-state index contributed by atoms with van der Waals surface area (Å²) >= 11 is 0. The maximum absolute atomic E-state index is 13.5. The molecule has 0 bridgehead atoms. The Labute approximate surface area is 148 Å². The summed E-state index contributed by atoms with van der Waals surface area (Å²) in [5.74, 6) is 1.38. The summed E-state index contributed by atoms with van der Waals surface area (Å²) in [6.07, 6.45) is 1.07. The number of hydrogen-bond acceptors (Lipinski definition) is 4. The highest BCUT2D eigenvalue weighted by Gasteiger charge is 2.26. The van der Waals surface area contributed by atoms with Gasteiger partial charge in [0.05, 0.1) is 20.3 Å². The second-order valence-corrected chi connectivity index (χ2v) is 6.20. The van der Waals surface area contributed by atoms with Gasteiger partial charge in [0.1, 0.15) is 17.3 Å². The van der Waals surface area contributed by atoms with Crippen LogP contribution in [0.1, 0.15) is 23.6 Å². The molecule has 1 aliphatic rings. The summed E-state index contributed by atoms with van der Waals surface area (Å²) in [5.41, 5.74) is 2.09. The predicted molar refractivity (Wildman–Crippen MR) is 96.8 cm³/mol. The van der Waals surface area contributed by atoms with Crippen molar-refractivity contribution in [3.05, 3.63) is 59.4 Å². The molecule has 1 heterocycles. The number of nitrogens with zero attached hydrogens (tertiary/aromatic N) is 1. The Kier molecular flexibility index (Phi) is 5.89. The first-order valence-corrected chi connectivity index (χ1v) is 8.65. The molecule has 2 aromatic carbocycles. The summed E-state index contributed by atoms with van der Waals surface area (Å²) in [5, 5.41) is 3.44. The molecule has 1 saturated heterocycles. The van der Waals surface area contributed by atoms with Crippen LogP contribution in [0.5, 0.6) is 11.5 Å². The van der Waals surface area contributed by atoms with Crippen LogP contribution in [0.2, 0.25) is 0 Å². The fraction of sp³-hybridized carbons (Fsp3) is 0.400. The van der Waals surface area contributed by atoms with Crippen LogP contribution >= 0.6 is 0 Å². The highest BCUT2D eigenvalue weighted by atomic mass is 19.1. The normalized spacial score (nSPS) is 16.9. The van der Waals surface area contributed by atoms with Gasteiger partial charge in [-0.05, 0) is 48.9 Å². The molecule has 2 aromatic rings. The first kappa shape index (κ1) is 17.7. The summed E-state index contributed by atoms with van der Waals surface area (Å²) in [4.78, 5) is 2.42. The molecule has 1 aliphatic heterocycles. The average Bonchev–Trinajstić information content (AvgIpc) is 2.93. The first-order chi connectivity index (χ1) is 12.2. The Hall–Kier alpha value is -2.11. The lowest BCUT2D eigenvalue weighted by molar-refractivity contribution is 0.235. The number of benzene rings is 2. The van der Waals surface area contributed by atoms with E-state index in [4.69, 9.17) is 9.47 Å². The molecule has 1 fully saturated rings.